The van der Waals surface area contributed by atoms with Crippen molar-refractivity contribution in [3.63, 3.8) is 0 Å². The average Bonchev–Trinajstić information content (AvgIpc) is 2.64. The van der Waals surface area contributed by atoms with E-state index in [1.165, 1.54) is 0 Å². The van der Waals surface area contributed by atoms with Crippen LogP contribution < -0.4 is 5.73 Å². The molecule has 76 valence electrons. The van der Waals surface area contributed by atoms with Gasteiger partial charge in [0, 0.05) is 0 Å². The SMILES string of the molecule is N#Cc1ccc2c(c1)-c1ccccc1[C@@H]2N. The molecular weight excluding hydrogens is 196 g/mol. The molecule has 2 nitrogen and oxygen atoms in total. The topological polar surface area (TPSA) is 49.8 Å². The van der Waals surface area contributed by atoms with Crippen LogP contribution in [0.25, 0.3) is 11.1 Å². The molecule has 2 N–H and O–H groups in total. The van der Waals surface area contributed by atoms with Crippen LogP contribution in [0.5, 0.6) is 0 Å². The Hall–Kier alpha value is -2.11. The second-order valence-electron chi connectivity index (χ2n) is 3.98. The molecule has 0 amide bonds. The number of nitrogens with zero attached hydrogens (tertiary/aromatic N) is 1. The minimum Gasteiger partial charge on any atom is -0.320 e. The largest absolute Gasteiger partial charge is 0.320 e. The van der Waals surface area contributed by atoms with Gasteiger partial charge in [-0.1, -0.05) is 30.3 Å². The van der Waals surface area contributed by atoms with Crippen molar-refractivity contribution < 1.29 is 0 Å². The molecule has 16 heavy (non-hydrogen) atoms. The lowest BCUT2D eigenvalue weighted by Crippen LogP contribution is -2.07. The third kappa shape index (κ3) is 1.09. The molecule has 0 aromatic heterocycles. The van der Waals surface area contributed by atoms with Gasteiger partial charge in [0.2, 0.25) is 0 Å². The van der Waals surface area contributed by atoms with Gasteiger partial charge in [0.1, 0.15) is 0 Å². The Balaban J connectivity index is 2.32. The number of hydrogen-bond donors (Lipinski definition) is 1. The fourth-order valence-corrected chi connectivity index (χ4v) is 2.31. The smallest absolute Gasteiger partial charge is 0.0991 e. The van der Waals surface area contributed by atoms with Crippen LogP contribution >= 0.6 is 0 Å². The summed E-state index contributed by atoms with van der Waals surface area (Å²) in [7, 11) is 0. The third-order valence-corrected chi connectivity index (χ3v) is 3.10. The highest BCUT2D eigenvalue weighted by Gasteiger charge is 2.25. The number of benzene rings is 2. The summed E-state index contributed by atoms with van der Waals surface area (Å²) in [6.45, 7) is 0. The Bertz CT molecular complexity index is 608. The summed E-state index contributed by atoms with van der Waals surface area (Å²) < 4.78 is 0. The quantitative estimate of drug-likeness (QED) is 0.720. The Kier molecular flexibility index (Phi) is 1.82. The summed E-state index contributed by atoms with van der Waals surface area (Å²) in [5.41, 5.74) is 11.4. The molecule has 0 unspecified atom stereocenters. The van der Waals surface area contributed by atoms with E-state index in [2.05, 4.69) is 12.1 Å². The number of fused-ring (bicyclic) bond motifs is 3. The van der Waals surface area contributed by atoms with Gasteiger partial charge in [0.25, 0.3) is 0 Å². The second-order valence-corrected chi connectivity index (χ2v) is 3.98. The molecule has 0 bridgehead atoms. The molecular formula is C14H10N2. The second kappa shape index (κ2) is 3.19. The van der Waals surface area contributed by atoms with Crippen molar-refractivity contribution in [1.82, 2.24) is 0 Å². The molecule has 0 saturated heterocycles. The maximum absolute atomic E-state index is 8.90. The zero-order chi connectivity index (χ0) is 11.1. The molecule has 1 aliphatic rings. The molecule has 2 aromatic carbocycles. The predicted molar refractivity (Wildman–Crippen MR) is 62.6 cm³/mol. The number of rotatable bonds is 0. The summed E-state index contributed by atoms with van der Waals surface area (Å²) in [6, 6.07) is 15.9. The van der Waals surface area contributed by atoms with Gasteiger partial charge in [-0.15, -0.1) is 0 Å². The third-order valence-electron chi connectivity index (χ3n) is 3.10. The molecule has 2 aromatic rings. The molecule has 3 rings (SSSR count). The van der Waals surface area contributed by atoms with Crippen molar-refractivity contribution >= 4 is 0 Å². The van der Waals surface area contributed by atoms with E-state index in [4.69, 9.17) is 11.0 Å². The van der Waals surface area contributed by atoms with Crippen LogP contribution in [-0.2, 0) is 0 Å². The standard InChI is InChI=1S/C14H10N2/c15-8-9-5-6-12-13(7-9)10-3-1-2-4-11(10)14(12)16/h1-7,14H,16H2/t14-/m0/s1. The van der Waals surface area contributed by atoms with Crippen LogP contribution in [0.2, 0.25) is 0 Å². The van der Waals surface area contributed by atoms with Crippen molar-refractivity contribution in [3.05, 3.63) is 59.2 Å². The normalized spacial score (nSPS) is 16.4. The summed E-state index contributed by atoms with van der Waals surface area (Å²) in [6.07, 6.45) is 0. The van der Waals surface area contributed by atoms with Crippen molar-refractivity contribution in [2.75, 3.05) is 0 Å². The molecule has 2 heteroatoms. The maximum atomic E-state index is 8.90. The predicted octanol–water partition coefficient (Wildman–Crippen LogP) is 2.59. The highest BCUT2D eigenvalue weighted by molar-refractivity contribution is 5.79. The van der Waals surface area contributed by atoms with Crippen LogP contribution in [0.15, 0.2) is 42.5 Å². The van der Waals surface area contributed by atoms with E-state index < -0.39 is 0 Å². The van der Waals surface area contributed by atoms with Gasteiger partial charge in [-0.05, 0) is 34.4 Å². The van der Waals surface area contributed by atoms with E-state index in [0.717, 1.165) is 22.3 Å². The van der Waals surface area contributed by atoms with E-state index in [9.17, 15) is 0 Å². The van der Waals surface area contributed by atoms with Gasteiger partial charge >= 0.3 is 0 Å². The van der Waals surface area contributed by atoms with Gasteiger partial charge in [0.15, 0.2) is 0 Å². The van der Waals surface area contributed by atoms with Gasteiger partial charge in [-0.25, -0.2) is 0 Å². The van der Waals surface area contributed by atoms with Gasteiger partial charge in [-0.2, -0.15) is 5.26 Å². The summed E-state index contributed by atoms with van der Waals surface area (Å²) in [4.78, 5) is 0. The molecule has 0 radical (unpaired) electrons. The molecule has 0 fully saturated rings. The Morgan fingerprint density at radius 3 is 2.56 bits per heavy atom. The zero-order valence-corrected chi connectivity index (χ0v) is 8.64. The van der Waals surface area contributed by atoms with E-state index in [1.54, 1.807) is 0 Å². The summed E-state index contributed by atoms with van der Waals surface area (Å²) >= 11 is 0. The minimum absolute atomic E-state index is 0.0565. The van der Waals surface area contributed by atoms with Crippen LogP contribution in [-0.4, -0.2) is 0 Å². The number of nitriles is 1. The number of hydrogen-bond acceptors (Lipinski definition) is 2. The molecule has 1 aliphatic carbocycles. The van der Waals surface area contributed by atoms with Crippen LogP contribution in [0.3, 0.4) is 0 Å². The molecule has 0 aliphatic heterocycles. The molecule has 0 spiro atoms. The fourth-order valence-electron chi connectivity index (χ4n) is 2.31. The maximum Gasteiger partial charge on any atom is 0.0991 e. The lowest BCUT2D eigenvalue weighted by Gasteiger charge is -2.05. The first kappa shape index (κ1) is 9.14. The van der Waals surface area contributed by atoms with E-state index in [1.807, 2.05) is 36.4 Å². The van der Waals surface area contributed by atoms with E-state index >= 15 is 0 Å². The Labute approximate surface area is 93.9 Å². The zero-order valence-electron chi connectivity index (χ0n) is 8.64. The van der Waals surface area contributed by atoms with Gasteiger partial charge in [-0.3, -0.25) is 0 Å². The first-order valence-electron chi connectivity index (χ1n) is 5.20. The molecule has 0 heterocycles. The van der Waals surface area contributed by atoms with E-state index in [0.29, 0.717) is 5.56 Å². The first-order valence-corrected chi connectivity index (χ1v) is 5.20. The minimum atomic E-state index is -0.0565. The Morgan fingerprint density at radius 1 is 1.00 bits per heavy atom. The first-order chi connectivity index (χ1) is 7.81. The fraction of sp³-hybridized carbons (Fsp3) is 0.0714. The lowest BCUT2D eigenvalue weighted by atomic mass is 10.0. The monoisotopic (exact) mass is 206 g/mol. The lowest BCUT2D eigenvalue weighted by molar-refractivity contribution is 0.901. The Morgan fingerprint density at radius 2 is 1.75 bits per heavy atom. The van der Waals surface area contributed by atoms with Gasteiger partial charge < -0.3 is 5.73 Å². The van der Waals surface area contributed by atoms with Crippen molar-refractivity contribution in [3.8, 4) is 17.2 Å². The van der Waals surface area contributed by atoms with Crippen LogP contribution in [0.1, 0.15) is 22.7 Å². The van der Waals surface area contributed by atoms with Crippen LogP contribution in [0.4, 0.5) is 0 Å². The highest BCUT2D eigenvalue weighted by atomic mass is 14.7. The van der Waals surface area contributed by atoms with E-state index in [-0.39, 0.29) is 6.04 Å². The van der Waals surface area contributed by atoms with Crippen molar-refractivity contribution in [1.29, 1.82) is 5.26 Å². The highest BCUT2D eigenvalue weighted by Crippen LogP contribution is 2.42. The van der Waals surface area contributed by atoms with Crippen molar-refractivity contribution in [2.45, 2.75) is 6.04 Å². The van der Waals surface area contributed by atoms with Gasteiger partial charge in [0.05, 0.1) is 17.7 Å². The van der Waals surface area contributed by atoms with Crippen molar-refractivity contribution in [2.24, 2.45) is 5.73 Å². The molecule has 1 atom stereocenters. The molecule has 0 saturated carbocycles. The van der Waals surface area contributed by atoms with Crippen LogP contribution in [0, 0.1) is 11.3 Å². The number of nitrogens with two attached hydrogens (primary N) is 1. The summed E-state index contributed by atoms with van der Waals surface area (Å²) in [5, 5.41) is 8.90. The summed E-state index contributed by atoms with van der Waals surface area (Å²) in [5.74, 6) is 0. The average molecular weight is 206 g/mol.